The Bertz CT molecular complexity index is 959. The first-order valence-corrected chi connectivity index (χ1v) is 10.5. The predicted molar refractivity (Wildman–Crippen MR) is 112 cm³/mol. The summed E-state index contributed by atoms with van der Waals surface area (Å²) in [7, 11) is 0. The fourth-order valence-electron chi connectivity index (χ4n) is 4.56. The van der Waals surface area contributed by atoms with E-state index in [0.29, 0.717) is 30.0 Å². The number of hydrogen-bond donors (Lipinski definition) is 1. The molecule has 2 aromatic rings. The molecule has 5 rings (SSSR count). The number of aldehydes is 1. The van der Waals surface area contributed by atoms with E-state index >= 15 is 0 Å². The molecule has 1 N–H and O–H groups in total. The summed E-state index contributed by atoms with van der Waals surface area (Å²) in [6.07, 6.45) is 3.68. The number of nitrogens with one attached hydrogen (secondary N) is 1. The van der Waals surface area contributed by atoms with Gasteiger partial charge in [-0.3, -0.25) is 9.59 Å². The Kier molecular flexibility index (Phi) is 5.00. The normalized spacial score (nSPS) is 19.7. The number of ether oxygens (including phenoxy) is 2. The van der Waals surface area contributed by atoms with Crippen LogP contribution in [0.25, 0.3) is 0 Å². The zero-order chi connectivity index (χ0) is 20.6. The van der Waals surface area contributed by atoms with Crippen molar-refractivity contribution in [2.24, 2.45) is 5.41 Å². The van der Waals surface area contributed by atoms with Gasteiger partial charge < -0.3 is 19.7 Å². The summed E-state index contributed by atoms with van der Waals surface area (Å²) < 4.78 is 11.1. The lowest BCUT2D eigenvalue weighted by atomic mass is 9.73. The maximum absolute atomic E-state index is 13.2. The van der Waals surface area contributed by atoms with Gasteiger partial charge in [0.15, 0.2) is 0 Å². The summed E-state index contributed by atoms with van der Waals surface area (Å²) in [6.45, 7) is 4.59. The minimum atomic E-state index is -0.197. The van der Waals surface area contributed by atoms with Crippen LogP contribution in [0.4, 0.5) is 11.5 Å². The summed E-state index contributed by atoms with van der Waals surface area (Å²) in [5.74, 6) is 0.562. The smallest absolute Gasteiger partial charge is 0.259 e. The molecule has 7 heteroatoms. The van der Waals surface area contributed by atoms with Crippen molar-refractivity contribution in [3.8, 4) is 0 Å². The van der Waals surface area contributed by atoms with Crippen molar-refractivity contribution < 1.29 is 19.1 Å². The maximum atomic E-state index is 13.2. The first kappa shape index (κ1) is 19.2. The van der Waals surface area contributed by atoms with E-state index in [1.54, 1.807) is 24.3 Å². The molecular formula is C23H25N3O4. The Labute approximate surface area is 175 Å². The average molecular weight is 407 g/mol. The van der Waals surface area contributed by atoms with Crippen LogP contribution in [-0.4, -0.2) is 50.1 Å². The lowest BCUT2D eigenvalue weighted by molar-refractivity contribution is -0.000548. The number of rotatable bonds is 4. The first-order valence-electron chi connectivity index (χ1n) is 10.5. The number of anilines is 2. The molecule has 7 nitrogen and oxygen atoms in total. The van der Waals surface area contributed by atoms with E-state index in [0.717, 1.165) is 68.9 Å². The van der Waals surface area contributed by atoms with Crippen LogP contribution in [0.3, 0.4) is 0 Å². The van der Waals surface area contributed by atoms with Crippen LogP contribution in [0, 0.1) is 5.41 Å². The van der Waals surface area contributed by atoms with Crippen molar-refractivity contribution in [3.63, 3.8) is 0 Å². The van der Waals surface area contributed by atoms with Gasteiger partial charge >= 0.3 is 0 Å². The second-order valence-corrected chi connectivity index (χ2v) is 8.43. The van der Waals surface area contributed by atoms with Crippen molar-refractivity contribution in [3.05, 3.63) is 52.7 Å². The van der Waals surface area contributed by atoms with Crippen LogP contribution >= 0.6 is 0 Å². The Hall–Kier alpha value is -2.77. The Morgan fingerprint density at radius 1 is 1.10 bits per heavy atom. The highest BCUT2D eigenvalue weighted by molar-refractivity contribution is 6.08. The monoisotopic (exact) mass is 407 g/mol. The zero-order valence-corrected chi connectivity index (χ0v) is 16.9. The molecule has 3 aliphatic rings. The molecule has 1 aromatic carbocycles. The van der Waals surface area contributed by atoms with Gasteiger partial charge in [0.2, 0.25) is 0 Å². The largest absolute Gasteiger partial charge is 0.381 e. The van der Waals surface area contributed by atoms with Crippen LogP contribution in [0.2, 0.25) is 0 Å². The number of pyridine rings is 1. The standard InChI is InChI=1S/C23H25N3O4/c27-12-16-1-3-18(4-2-16)24-22(28)19-11-17-13-30-8-5-20(17)25-21(19)26-14-23(15-26)6-9-29-10-7-23/h1-4,11-12H,5-10,13-15H2,(H,24,28). The number of amides is 1. The van der Waals surface area contributed by atoms with Gasteiger partial charge in [-0.05, 0) is 43.2 Å². The third-order valence-electron chi connectivity index (χ3n) is 6.37. The first-order chi connectivity index (χ1) is 14.7. The number of fused-ring (bicyclic) bond motifs is 1. The van der Waals surface area contributed by atoms with Crippen molar-refractivity contribution in [1.82, 2.24) is 4.98 Å². The van der Waals surface area contributed by atoms with Gasteiger partial charge in [0.25, 0.3) is 5.91 Å². The van der Waals surface area contributed by atoms with E-state index in [2.05, 4.69) is 10.2 Å². The van der Waals surface area contributed by atoms with Crippen LogP contribution in [0.1, 0.15) is 44.8 Å². The van der Waals surface area contributed by atoms with E-state index in [-0.39, 0.29) is 11.3 Å². The summed E-state index contributed by atoms with van der Waals surface area (Å²) in [5.41, 5.74) is 4.08. The Balaban J connectivity index is 1.42. The lowest BCUT2D eigenvalue weighted by Gasteiger charge is -2.53. The SMILES string of the molecule is O=Cc1ccc(NC(=O)c2cc3c(nc2N2CC4(CCOCC4)C2)CCOC3)cc1. The van der Waals surface area contributed by atoms with Gasteiger partial charge in [0.05, 0.1) is 24.5 Å². The fraction of sp³-hybridized carbons (Fsp3) is 0.435. The third-order valence-corrected chi connectivity index (χ3v) is 6.37. The molecule has 156 valence electrons. The van der Waals surface area contributed by atoms with Gasteiger partial charge in [-0.25, -0.2) is 4.98 Å². The van der Waals surface area contributed by atoms with E-state index in [1.165, 1.54) is 0 Å². The topological polar surface area (TPSA) is 80.8 Å². The second-order valence-electron chi connectivity index (χ2n) is 8.43. The Morgan fingerprint density at radius 2 is 1.87 bits per heavy atom. The van der Waals surface area contributed by atoms with Gasteiger partial charge in [-0.1, -0.05) is 0 Å². The predicted octanol–water partition coefficient (Wildman–Crippen LogP) is 2.84. The zero-order valence-electron chi connectivity index (χ0n) is 16.9. The van der Waals surface area contributed by atoms with Gasteiger partial charge in [-0.15, -0.1) is 0 Å². The molecule has 0 radical (unpaired) electrons. The summed E-state index contributed by atoms with van der Waals surface area (Å²) >= 11 is 0. The molecule has 0 saturated carbocycles. The molecule has 0 atom stereocenters. The van der Waals surface area contributed by atoms with E-state index < -0.39 is 0 Å². The number of carbonyl (C=O) groups excluding carboxylic acids is 2. The van der Waals surface area contributed by atoms with E-state index in [1.807, 2.05) is 6.07 Å². The molecule has 0 bridgehead atoms. The minimum Gasteiger partial charge on any atom is -0.381 e. The van der Waals surface area contributed by atoms with E-state index in [9.17, 15) is 9.59 Å². The number of aromatic nitrogens is 1. The minimum absolute atomic E-state index is 0.197. The van der Waals surface area contributed by atoms with Crippen LogP contribution in [0.5, 0.6) is 0 Å². The van der Waals surface area contributed by atoms with Crippen molar-refractivity contribution >= 4 is 23.7 Å². The molecule has 1 amide bonds. The number of nitrogens with zero attached hydrogens (tertiary/aromatic N) is 2. The molecule has 4 heterocycles. The number of carbonyl (C=O) groups is 2. The molecule has 2 saturated heterocycles. The van der Waals surface area contributed by atoms with Crippen LogP contribution in [0.15, 0.2) is 30.3 Å². The summed E-state index contributed by atoms with van der Waals surface area (Å²) in [5, 5.41) is 2.95. The van der Waals surface area contributed by atoms with Gasteiger partial charge in [0, 0.05) is 55.0 Å². The summed E-state index contributed by atoms with van der Waals surface area (Å²) in [6, 6.07) is 8.77. The molecule has 0 aliphatic carbocycles. The number of benzene rings is 1. The molecule has 0 unspecified atom stereocenters. The Morgan fingerprint density at radius 3 is 2.60 bits per heavy atom. The molecule has 30 heavy (non-hydrogen) atoms. The molecule has 1 spiro atoms. The van der Waals surface area contributed by atoms with Crippen LogP contribution in [-0.2, 0) is 22.5 Å². The quantitative estimate of drug-likeness (QED) is 0.785. The second kappa shape index (κ2) is 7.81. The summed E-state index contributed by atoms with van der Waals surface area (Å²) in [4.78, 5) is 31.2. The highest BCUT2D eigenvalue weighted by Crippen LogP contribution is 2.43. The van der Waals surface area contributed by atoms with Crippen LogP contribution < -0.4 is 10.2 Å². The lowest BCUT2D eigenvalue weighted by Crippen LogP contribution is -2.59. The van der Waals surface area contributed by atoms with Gasteiger partial charge in [-0.2, -0.15) is 0 Å². The highest BCUT2D eigenvalue weighted by Gasteiger charge is 2.45. The van der Waals surface area contributed by atoms with Gasteiger partial charge in [0.1, 0.15) is 12.1 Å². The molecule has 2 fully saturated rings. The van der Waals surface area contributed by atoms with Crippen molar-refractivity contribution in [2.75, 3.05) is 43.1 Å². The van der Waals surface area contributed by atoms with E-state index in [4.69, 9.17) is 14.5 Å². The molecule has 1 aromatic heterocycles. The molecule has 3 aliphatic heterocycles. The fourth-order valence-corrected chi connectivity index (χ4v) is 4.56. The van der Waals surface area contributed by atoms with Crippen molar-refractivity contribution in [1.29, 1.82) is 0 Å². The average Bonchev–Trinajstić information content (AvgIpc) is 2.77. The maximum Gasteiger partial charge on any atom is 0.259 e. The van der Waals surface area contributed by atoms with Crippen molar-refractivity contribution in [2.45, 2.75) is 25.9 Å². The third kappa shape index (κ3) is 3.59. The highest BCUT2D eigenvalue weighted by atomic mass is 16.5. The molecular weight excluding hydrogens is 382 g/mol. The number of hydrogen-bond acceptors (Lipinski definition) is 6.